The van der Waals surface area contributed by atoms with Gasteiger partial charge in [0.2, 0.25) is 0 Å². The predicted octanol–water partition coefficient (Wildman–Crippen LogP) is 4.22. The summed E-state index contributed by atoms with van der Waals surface area (Å²) in [6, 6.07) is 6.36. The van der Waals surface area contributed by atoms with Crippen molar-refractivity contribution in [3.8, 4) is 5.75 Å². The number of rotatable bonds is 3. The summed E-state index contributed by atoms with van der Waals surface area (Å²) >= 11 is 0. The second-order valence-corrected chi connectivity index (χ2v) is 6.34. The molecule has 1 aliphatic rings. The second kappa shape index (κ2) is 5.96. The molecule has 106 valence electrons. The van der Waals surface area contributed by atoms with E-state index in [1.54, 1.807) is 0 Å². The van der Waals surface area contributed by atoms with Gasteiger partial charge in [0.1, 0.15) is 5.75 Å². The van der Waals surface area contributed by atoms with Crippen LogP contribution in [0.4, 0.5) is 0 Å². The van der Waals surface area contributed by atoms with Gasteiger partial charge in [-0.05, 0) is 56.6 Å². The van der Waals surface area contributed by atoms with E-state index in [0.717, 1.165) is 36.0 Å². The topological polar surface area (TPSA) is 35.2 Å². The third kappa shape index (κ3) is 3.50. The molecule has 2 nitrogen and oxygen atoms in total. The minimum Gasteiger partial charge on any atom is -0.490 e. The van der Waals surface area contributed by atoms with E-state index in [1.807, 2.05) is 6.92 Å². The lowest BCUT2D eigenvalue weighted by atomic mass is 9.80. The van der Waals surface area contributed by atoms with E-state index in [4.69, 9.17) is 10.5 Å². The van der Waals surface area contributed by atoms with Gasteiger partial charge in [-0.15, -0.1) is 0 Å². The maximum atomic E-state index is 6.27. The van der Waals surface area contributed by atoms with E-state index in [1.165, 1.54) is 12.0 Å². The summed E-state index contributed by atoms with van der Waals surface area (Å²) in [5.74, 6) is 2.56. The third-order valence-corrected chi connectivity index (χ3v) is 4.50. The van der Waals surface area contributed by atoms with Crippen molar-refractivity contribution in [2.45, 2.75) is 59.1 Å². The Balaban J connectivity index is 2.12. The molecule has 2 heteroatoms. The highest BCUT2D eigenvalue weighted by atomic mass is 16.5. The lowest BCUT2D eigenvalue weighted by molar-refractivity contribution is 0.0994. The summed E-state index contributed by atoms with van der Waals surface area (Å²) < 4.78 is 6.27. The molecule has 1 fully saturated rings. The van der Waals surface area contributed by atoms with Crippen LogP contribution in [0, 0.1) is 18.8 Å². The van der Waals surface area contributed by atoms with Crippen LogP contribution in [0.1, 0.15) is 57.2 Å². The first kappa shape index (κ1) is 14.4. The first-order chi connectivity index (χ1) is 8.97. The van der Waals surface area contributed by atoms with Gasteiger partial charge in [0.25, 0.3) is 0 Å². The van der Waals surface area contributed by atoms with E-state index >= 15 is 0 Å². The molecule has 2 N–H and O–H groups in total. The molecule has 1 aromatic carbocycles. The van der Waals surface area contributed by atoms with Gasteiger partial charge >= 0.3 is 0 Å². The Hall–Kier alpha value is -1.02. The quantitative estimate of drug-likeness (QED) is 0.884. The first-order valence-corrected chi connectivity index (χ1v) is 7.50. The third-order valence-electron chi connectivity index (χ3n) is 4.50. The fourth-order valence-electron chi connectivity index (χ4n) is 2.90. The average Bonchev–Trinajstić information content (AvgIpc) is 2.33. The fourth-order valence-corrected chi connectivity index (χ4v) is 2.90. The highest BCUT2D eigenvalue weighted by Crippen LogP contribution is 2.34. The highest BCUT2D eigenvalue weighted by molar-refractivity contribution is 5.39. The summed E-state index contributed by atoms with van der Waals surface area (Å²) in [6.07, 6.45) is 3.95. The van der Waals surface area contributed by atoms with E-state index in [-0.39, 0.29) is 6.04 Å². The van der Waals surface area contributed by atoms with Crippen molar-refractivity contribution < 1.29 is 4.74 Å². The van der Waals surface area contributed by atoms with Crippen molar-refractivity contribution in [1.29, 1.82) is 0 Å². The second-order valence-electron chi connectivity index (χ2n) is 6.34. The zero-order valence-corrected chi connectivity index (χ0v) is 12.6. The lowest BCUT2D eigenvalue weighted by Crippen LogP contribution is -2.29. The predicted molar refractivity (Wildman–Crippen MR) is 80.4 cm³/mol. The maximum absolute atomic E-state index is 6.27. The Bertz CT molecular complexity index is 427. The molecule has 0 saturated heterocycles. The van der Waals surface area contributed by atoms with Crippen LogP contribution in [0.5, 0.6) is 5.75 Å². The molecule has 0 bridgehead atoms. The molecule has 0 heterocycles. The van der Waals surface area contributed by atoms with E-state index in [2.05, 4.69) is 39.0 Å². The number of nitrogens with two attached hydrogens (primary N) is 1. The largest absolute Gasteiger partial charge is 0.490 e. The van der Waals surface area contributed by atoms with Crippen molar-refractivity contribution in [3.05, 3.63) is 29.3 Å². The molecular formula is C17H27NO. The van der Waals surface area contributed by atoms with E-state index in [0.29, 0.717) is 6.10 Å². The number of benzene rings is 1. The molecule has 1 aliphatic carbocycles. The number of hydrogen-bond acceptors (Lipinski definition) is 2. The van der Waals surface area contributed by atoms with Crippen molar-refractivity contribution in [1.82, 2.24) is 0 Å². The normalized spacial score (nSPS) is 29.0. The molecule has 2 rings (SSSR count). The van der Waals surface area contributed by atoms with Crippen LogP contribution in [-0.2, 0) is 0 Å². The van der Waals surface area contributed by atoms with Gasteiger partial charge in [0, 0.05) is 11.6 Å². The highest BCUT2D eigenvalue weighted by Gasteiger charge is 2.26. The minimum atomic E-state index is 0.0236. The molecule has 0 aliphatic heterocycles. The summed E-state index contributed by atoms with van der Waals surface area (Å²) in [5.41, 5.74) is 8.39. The smallest absolute Gasteiger partial charge is 0.124 e. The van der Waals surface area contributed by atoms with Crippen LogP contribution in [0.25, 0.3) is 0 Å². The van der Waals surface area contributed by atoms with E-state index in [9.17, 15) is 0 Å². The summed E-state index contributed by atoms with van der Waals surface area (Å²) in [7, 11) is 0. The van der Waals surface area contributed by atoms with Crippen LogP contribution in [0.2, 0.25) is 0 Å². The van der Waals surface area contributed by atoms with Crippen LogP contribution < -0.4 is 10.5 Å². The Morgan fingerprint density at radius 3 is 2.58 bits per heavy atom. The lowest BCUT2D eigenvalue weighted by Gasteiger charge is -2.33. The molecule has 0 spiro atoms. The van der Waals surface area contributed by atoms with Gasteiger partial charge in [-0.2, -0.15) is 0 Å². The van der Waals surface area contributed by atoms with Crippen molar-refractivity contribution in [2.75, 3.05) is 0 Å². The van der Waals surface area contributed by atoms with Crippen molar-refractivity contribution >= 4 is 0 Å². The van der Waals surface area contributed by atoms with Gasteiger partial charge in [-0.25, -0.2) is 0 Å². The zero-order valence-electron chi connectivity index (χ0n) is 12.6. The maximum Gasteiger partial charge on any atom is 0.124 e. The molecule has 0 aromatic heterocycles. The standard InChI is InChI=1S/C17H27NO/c1-11-5-8-16(14(4)18)17(9-11)19-15-7-6-12(2)13(3)10-15/h5,8-9,12-15H,6-7,10,18H2,1-4H3/t12?,13?,14-,15?/m1/s1. The summed E-state index contributed by atoms with van der Waals surface area (Å²) in [5, 5.41) is 0. The molecule has 0 radical (unpaired) electrons. The fraction of sp³-hybridized carbons (Fsp3) is 0.647. The zero-order chi connectivity index (χ0) is 14.0. The van der Waals surface area contributed by atoms with Gasteiger partial charge in [-0.3, -0.25) is 0 Å². The SMILES string of the molecule is Cc1ccc([C@@H](C)N)c(OC2CCC(C)C(C)C2)c1. The summed E-state index contributed by atoms with van der Waals surface area (Å²) in [4.78, 5) is 0. The Morgan fingerprint density at radius 1 is 1.21 bits per heavy atom. The minimum absolute atomic E-state index is 0.0236. The van der Waals surface area contributed by atoms with Gasteiger partial charge in [-0.1, -0.05) is 26.0 Å². The van der Waals surface area contributed by atoms with E-state index < -0.39 is 0 Å². The van der Waals surface area contributed by atoms with Crippen LogP contribution in [-0.4, -0.2) is 6.10 Å². The van der Waals surface area contributed by atoms with Crippen LogP contribution in [0.15, 0.2) is 18.2 Å². The molecular weight excluding hydrogens is 234 g/mol. The number of ether oxygens (including phenoxy) is 1. The molecule has 1 saturated carbocycles. The number of aryl methyl sites for hydroxylation is 1. The average molecular weight is 261 g/mol. The van der Waals surface area contributed by atoms with Gasteiger partial charge in [0.15, 0.2) is 0 Å². The molecule has 1 aromatic rings. The Morgan fingerprint density at radius 2 is 1.95 bits per heavy atom. The van der Waals surface area contributed by atoms with Crippen LogP contribution >= 0.6 is 0 Å². The molecule has 19 heavy (non-hydrogen) atoms. The van der Waals surface area contributed by atoms with Gasteiger partial charge in [0.05, 0.1) is 6.10 Å². The Labute approximate surface area is 117 Å². The number of hydrogen-bond donors (Lipinski definition) is 1. The Kier molecular flexibility index (Phi) is 4.51. The van der Waals surface area contributed by atoms with Gasteiger partial charge < -0.3 is 10.5 Å². The van der Waals surface area contributed by atoms with Crippen molar-refractivity contribution in [2.24, 2.45) is 17.6 Å². The monoisotopic (exact) mass is 261 g/mol. The summed E-state index contributed by atoms with van der Waals surface area (Å²) in [6.45, 7) is 8.80. The molecule has 4 atom stereocenters. The molecule has 3 unspecified atom stereocenters. The van der Waals surface area contributed by atoms with Crippen LogP contribution in [0.3, 0.4) is 0 Å². The van der Waals surface area contributed by atoms with Crippen molar-refractivity contribution in [3.63, 3.8) is 0 Å². The molecule has 0 amide bonds. The first-order valence-electron chi connectivity index (χ1n) is 7.50.